The van der Waals surface area contributed by atoms with Gasteiger partial charge in [-0.05, 0) is 36.0 Å². The number of aromatic nitrogens is 3. The highest BCUT2D eigenvalue weighted by atomic mass is 32.2. The van der Waals surface area contributed by atoms with Crippen LogP contribution in [0.2, 0.25) is 0 Å². The summed E-state index contributed by atoms with van der Waals surface area (Å²) in [4.78, 5) is 23.8. The smallest absolute Gasteiger partial charge is 0.356 e. The van der Waals surface area contributed by atoms with E-state index >= 15 is 0 Å². The highest BCUT2D eigenvalue weighted by Crippen LogP contribution is 2.38. The van der Waals surface area contributed by atoms with Gasteiger partial charge in [0.15, 0.2) is 5.82 Å². The van der Waals surface area contributed by atoms with E-state index in [-0.39, 0.29) is 22.6 Å². The molecule has 0 radical (unpaired) electrons. The summed E-state index contributed by atoms with van der Waals surface area (Å²) in [5.74, 6) is 0.180. The van der Waals surface area contributed by atoms with Gasteiger partial charge in [0, 0.05) is 35.3 Å². The number of fused-ring (bicyclic) bond motifs is 1. The van der Waals surface area contributed by atoms with Gasteiger partial charge in [-0.2, -0.15) is 13.2 Å². The molecule has 1 aliphatic heterocycles. The average Bonchev–Trinajstić information content (AvgIpc) is 3.06. The molecule has 27 heavy (non-hydrogen) atoms. The molecule has 0 saturated carbocycles. The normalized spacial score (nSPS) is 14.0. The molecule has 2 N–H and O–H groups in total. The lowest BCUT2D eigenvalue weighted by Crippen LogP contribution is -2.31. The minimum absolute atomic E-state index is 0.0704. The summed E-state index contributed by atoms with van der Waals surface area (Å²) >= 11 is -0.178. The Morgan fingerprint density at radius 1 is 1.15 bits per heavy atom. The predicted octanol–water partition coefficient (Wildman–Crippen LogP) is 4.04. The topological polar surface area (TPSA) is 70.7 Å². The summed E-state index contributed by atoms with van der Waals surface area (Å²) < 4.78 is 37.8. The minimum atomic E-state index is -4.36. The number of nitrogens with zero attached hydrogens (tertiary/aromatic N) is 2. The van der Waals surface area contributed by atoms with Crippen LogP contribution in [-0.4, -0.2) is 32.9 Å². The highest BCUT2D eigenvalue weighted by Gasteiger charge is 2.29. The van der Waals surface area contributed by atoms with Crippen LogP contribution in [0.15, 0.2) is 47.5 Å². The van der Waals surface area contributed by atoms with Crippen LogP contribution in [0.25, 0.3) is 22.8 Å². The largest absolute Gasteiger partial charge is 0.446 e. The average molecular weight is 390 g/mol. The number of thioether (sulfide) groups is 1. The molecule has 2 aromatic heterocycles. The zero-order valence-electron chi connectivity index (χ0n) is 13.8. The summed E-state index contributed by atoms with van der Waals surface area (Å²) in [5.41, 5.74) is -1.21. The SMILES string of the molecule is O=C1NCCc2[nH]c(-c3ccnc(-c4cccc(SC(F)(F)F)c4)n3)cc21. The number of aromatic amines is 1. The Bertz CT molecular complexity index is 1020. The number of alkyl halides is 3. The number of H-pyrrole nitrogens is 1. The summed E-state index contributed by atoms with van der Waals surface area (Å²) in [5, 5.41) is 2.78. The highest BCUT2D eigenvalue weighted by molar-refractivity contribution is 8.00. The van der Waals surface area contributed by atoms with E-state index in [1.165, 1.54) is 18.2 Å². The molecule has 5 nitrogen and oxygen atoms in total. The first kappa shape index (κ1) is 17.6. The van der Waals surface area contributed by atoms with Crippen LogP contribution in [0, 0.1) is 0 Å². The molecule has 0 saturated heterocycles. The van der Waals surface area contributed by atoms with E-state index in [9.17, 15) is 18.0 Å². The molecule has 0 bridgehead atoms. The van der Waals surface area contributed by atoms with Crippen LogP contribution in [0.1, 0.15) is 16.1 Å². The lowest BCUT2D eigenvalue weighted by Gasteiger charge is -2.10. The van der Waals surface area contributed by atoms with Crippen LogP contribution >= 0.6 is 11.8 Å². The minimum Gasteiger partial charge on any atom is -0.356 e. The maximum atomic E-state index is 12.6. The third kappa shape index (κ3) is 3.82. The van der Waals surface area contributed by atoms with Gasteiger partial charge < -0.3 is 10.3 Å². The Balaban J connectivity index is 1.68. The van der Waals surface area contributed by atoms with Crippen molar-refractivity contribution in [1.29, 1.82) is 0 Å². The molecule has 0 atom stereocenters. The molecular formula is C18H13F3N4OS. The van der Waals surface area contributed by atoms with Gasteiger partial charge in [0.05, 0.1) is 17.0 Å². The van der Waals surface area contributed by atoms with E-state index in [2.05, 4.69) is 20.3 Å². The van der Waals surface area contributed by atoms with Crippen molar-refractivity contribution in [3.8, 4) is 22.8 Å². The van der Waals surface area contributed by atoms with Crippen molar-refractivity contribution in [2.45, 2.75) is 16.8 Å². The van der Waals surface area contributed by atoms with Crippen LogP contribution in [0.5, 0.6) is 0 Å². The van der Waals surface area contributed by atoms with Crippen LogP contribution < -0.4 is 5.32 Å². The zero-order chi connectivity index (χ0) is 19.0. The van der Waals surface area contributed by atoms with Gasteiger partial charge in [-0.25, -0.2) is 9.97 Å². The summed E-state index contributed by atoms with van der Waals surface area (Å²) in [7, 11) is 0. The maximum Gasteiger partial charge on any atom is 0.446 e. The van der Waals surface area contributed by atoms with Crippen molar-refractivity contribution in [2.24, 2.45) is 0 Å². The molecule has 0 aliphatic carbocycles. The number of carbonyl (C=O) groups excluding carboxylic acids is 1. The zero-order valence-corrected chi connectivity index (χ0v) is 14.6. The number of halogens is 3. The van der Waals surface area contributed by atoms with Crippen LogP contribution in [0.4, 0.5) is 13.2 Å². The van der Waals surface area contributed by atoms with E-state index in [4.69, 9.17) is 0 Å². The quantitative estimate of drug-likeness (QED) is 0.663. The first-order chi connectivity index (χ1) is 12.9. The van der Waals surface area contributed by atoms with Gasteiger partial charge in [-0.1, -0.05) is 12.1 Å². The van der Waals surface area contributed by atoms with E-state index in [0.717, 1.165) is 5.69 Å². The van der Waals surface area contributed by atoms with Crippen molar-refractivity contribution < 1.29 is 18.0 Å². The fourth-order valence-electron chi connectivity index (χ4n) is 2.91. The van der Waals surface area contributed by atoms with Gasteiger partial charge in [-0.3, -0.25) is 4.79 Å². The molecule has 3 aromatic rings. The fraction of sp³-hybridized carbons (Fsp3) is 0.167. The molecule has 138 valence electrons. The Kier molecular flexibility index (Phi) is 4.39. The van der Waals surface area contributed by atoms with E-state index in [1.807, 2.05) is 0 Å². The van der Waals surface area contributed by atoms with Crippen molar-refractivity contribution >= 4 is 17.7 Å². The number of rotatable bonds is 3. The third-order valence-corrected chi connectivity index (χ3v) is 4.78. The fourth-order valence-corrected chi connectivity index (χ4v) is 3.51. The van der Waals surface area contributed by atoms with E-state index in [1.54, 1.807) is 24.4 Å². The molecule has 0 fully saturated rings. The van der Waals surface area contributed by atoms with Gasteiger partial charge in [0.1, 0.15) is 0 Å². The number of nitrogens with one attached hydrogen (secondary N) is 2. The first-order valence-electron chi connectivity index (χ1n) is 8.09. The van der Waals surface area contributed by atoms with Crippen molar-refractivity contribution in [3.05, 3.63) is 53.9 Å². The van der Waals surface area contributed by atoms with Gasteiger partial charge >= 0.3 is 5.51 Å². The standard InChI is InChI=1S/C18H13F3N4OS/c19-18(20,21)27-11-3-1-2-10(8-11)16-22-6-5-14(25-16)15-9-12-13(24-15)4-7-23-17(12)26/h1-3,5-6,8-9,24H,4,7H2,(H,23,26). The third-order valence-electron chi connectivity index (χ3n) is 4.06. The number of benzene rings is 1. The second kappa shape index (κ2) is 6.73. The van der Waals surface area contributed by atoms with Crippen molar-refractivity contribution in [1.82, 2.24) is 20.3 Å². The number of amides is 1. The van der Waals surface area contributed by atoms with Gasteiger partial charge in [-0.15, -0.1) is 0 Å². The summed E-state index contributed by atoms with van der Waals surface area (Å²) in [6.07, 6.45) is 2.25. The Labute approximate surface area is 156 Å². The summed E-state index contributed by atoms with van der Waals surface area (Å²) in [6.45, 7) is 0.574. The lowest BCUT2D eigenvalue weighted by atomic mass is 10.1. The van der Waals surface area contributed by atoms with Crippen molar-refractivity contribution in [2.75, 3.05) is 6.54 Å². The Morgan fingerprint density at radius 2 is 2.00 bits per heavy atom. The first-order valence-corrected chi connectivity index (χ1v) is 8.90. The molecule has 1 aliphatic rings. The Morgan fingerprint density at radius 3 is 2.78 bits per heavy atom. The monoisotopic (exact) mass is 390 g/mol. The van der Waals surface area contributed by atoms with E-state index < -0.39 is 5.51 Å². The van der Waals surface area contributed by atoms with Gasteiger partial charge in [0.2, 0.25) is 0 Å². The van der Waals surface area contributed by atoms with Crippen LogP contribution in [-0.2, 0) is 6.42 Å². The molecule has 4 rings (SSSR count). The molecule has 1 aromatic carbocycles. The molecule has 9 heteroatoms. The predicted molar refractivity (Wildman–Crippen MR) is 95.2 cm³/mol. The van der Waals surface area contributed by atoms with Crippen LogP contribution in [0.3, 0.4) is 0 Å². The number of hydrogen-bond acceptors (Lipinski definition) is 4. The number of hydrogen-bond donors (Lipinski definition) is 2. The van der Waals surface area contributed by atoms with E-state index in [0.29, 0.717) is 41.3 Å². The molecule has 0 spiro atoms. The van der Waals surface area contributed by atoms with Gasteiger partial charge in [0.25, 0.3) is 5.91 Å². The number of carbonyl (C=O) groups is 1. The maximum absolute atomic E-state index is 12.6. The molecule has 3 heterocycles. The summed E-state index contributed by atoms with van der Waals surface area (Å²) in [6, 6.07) is 9.41. The lowest BCUT2D eigenvalue weighted by molar-refractivity contribution is -0.0328. The molecule has 1 amide bonds. The molecular weight excluding hydrogens is 377 g/mol. The molecule has 0 unspecified atom stereocenters. The second-order valence-electron chi connectivity index (χ2n) is 5.92. The second-order valence-corrected chi connectivity index (χ2v) is 7.06. The Hall–Kier alpha value is -2.81. The van der Waals surface area contributed by atoms with Crippen molar-refractivity contribution in [3.63, 3.8) is 0 Å².